The molecular weight excluding hydrogens is 374 g/mol. The standard InChI is InChI=1S/C23H29NO3.ClH/c25-22(26)16-3-4-19-18(9-16)20-17(2-1-5-27-20)21(24-19)23-10-13-6-14(11-23)8-15(7-13)12-23;/h3-4,9,13-15,17,20-21,24H,1-2,5-8,10-12H2,(H,25,26);1H. The van der Waals surface area contributed by atoms with Crippen molar-refractivity contribution in [3.8, 4) is 0 Å². The van der Waals surface area contributed by atoms with Gasteiger partial charge in [-0.3, -0.25) is 0 Å². The van der Waals surface area contributed by atoms with Gasteiger partial charge in [-0.2, -0.15) is 0 Å². The number of halogens is 1. The molecule has 0 spiro atoms. The van der Waals surface area contributed by atoms with Crippen molar-refractivity contribution in [3.05, 3.63) is 29.3 Å². The molecule has 4 aliphatic carbocycles. The minimum Gasteiger partial charge on any atom is -0.478 e. The summed E-state index contributed by atoms with van der Waals surface area (Å²) >= 11 is 0. The minimum absolute atomic E-state index is 0. The lowest BCUT2D eigenvalue weighted by atomic mass is 9.46. The third-order valence-corrected chi connectivity index (χ3v) is 8.46. The maximum Gasteiger partial charge on any atom is 0.335 e. The average Bonchev–Trinajstić information content (AvgIpc) is 2.66. The molecule has 1 aromatic rings. The SMILES string of the molecule is Cl.O=C(O)c1ccc2c(c1)C1OCCCC1C(C13CC4CC(CC(C4)C1)C3)N2. The highest BCUT2D eigenvalue weighted by Gasteiger charge is 2.58. The summed E-state index contributed by atoms with van der Waals surface area (Å²) in [5.74, 6) is 2.45. The molecule has 0 aromatic heterocycles. The Labute approximate surface area is 172 Å². The van der Waals surface area contributed by atoms with Crippen LogP contribution in [0.2, 0.25) is 0 Å². The number of carbonyl (C=O) groups is 1. The van der Waals surface area contributed by atoms with Gasteiger partial charge >= 0.3 is 5.97 Å². The van der Waals surface area contributed by atoms with Crippen LogP contribution in [0.15, 0.2) is 18.2 Å². The van der Waals surface area contributed by atoms with Gasteiger partial charge in [-0.1, -0.05) is 0 Å². The van der Waals surface area contributed by atoms with Crippen LogP contribution in [-0.4, -0.2) is 23.7 Å². The van der Waals surface area contributed by atoms with E-state index in [1.807, 2.05) is 12.1 Å². The average molecular weight is 404 g/mol. The fourth-order valence-corrected chi connectivity index (χ4v) is 7.97. The highest BCUT2D eigenvalue weighted by atomic mass is 35.5. The van der Waals surface area contributed by atoms with Gasteiger partial charge in [0.1, 0.15) is 0 Å². The molecule has 2 aliphatic heterocycles. The molecule has 4 saturated carbocycles. The molecule has 2 N–H and O–H groups in total. The van der Waals surface area contributed by atoms with Crippen LogP contribution >= 0.6 is 12.4 Å². The lowest BCUT2D eigenvalue weighted by Crippen LogP contribution is -2.58. The Kier molecular flexibility index (Phi) is 4.44. The van der Waals surface area contributed by atoms with Gasteiger partial charge in [0.15, 0.2) is 0 Å². The monoisotopic (exact) mass is 403 g/mol. The zero-order valence-corrected chi connectivity index (χ0v) is 17.0. The molecule has 4 bridgehead atoms. The number of nitrogens with one attached hydrogen (secondary N) is 1. The Balaban J connectivity index is 0.00000171. The van der Waals surface area contributed by atoms with Crippen LogP contribution in [0.5, 0.6) is 0 Å². The smallest absolute Gasteiger partial charge is 0.335 e. The number of fused-ring (bicyclic) bond motifs is 3. The molecule has 3 unspecified atom stereocenters. The maximum atomic E-state index is 11.5. The fraction of sp³-hybridized carbons (Fsp3) is 0.696. The summed E-state index contributed by atoms with van der Waals surface area (Å²) in [5.41, 5.74) is 2.99. The third kappa shape index (κ3) is 2.71. The van der Waals surface area contributed by atoms with Gasteiger partial charge in [0, 0.05) is 29.8 Å². The van der Waals surface area contributed by atoms with Gasteiger partial charge in [0.2, 0.25) is 0 Å². The summed E-state index contributed by atoms with van der Waals surface area (Å²) < 4.78 is 6.30. The predicted octanol–water partition coefficient (Wildman–Crippen LogP) is 5.28. The van der Waals surface area contributed by atoms with Crippen LogP contribution in [0.25, 0.3) is 0 Å². The molecule has 6 aliphatic rings. The second-order valence-corrected chi connectivity index (χ2v) is 10.1. The lowest BCUT2D eigenvalue weighted by Gasteiger charge is -2.62. The van der Waals surface area contributed by atoms with Crippen LogP contribution in [0.3, 0.4) is 0 Å². The first-order valence-corrected chi connectivity index (χ1v) is 10.9. The highest BCUT2D eigenvalue weighted by molar-refractivity contribution is 5.88. The number of benzene rings is 1. The molecule has 5 fully saturated rings. The zero-order chi connectivity index (χ0) is 18.2. The summed E-state index contributed by atoms with van der Waals surface area (Å²) in [6.45, 7) is 0.797. The number of carboxylic acid groups (broad SMARTS) is 1. The van der Waals surface area contributed by atoms with Crippen molar-refractivity contribution in [3.63, 3.8) is 0 Å². The van der Waals surface area contributed by atoms with Crippen LogP contribution in [-0.2, 0) is 4.74 Å². The van der Waals surface area contributed by atoms with E-state index < -0.39 is 5.97 Å². The molecule has 1 aromatic carbocycles. The number of ether oxygens (including phenoxy) is 1. The number of hydrogen-bond donors (Lipinski definition) is 2. The molecule has 7 rings (SSSR count). The van der Waals surface area contributed by atoms with Gasteiger partial charge in [-0.15, -0.1) is 12.4 Å². The Bertz CT molecular complexity index is 759. The van der Waals surface area contributed by atoms with E-state index in [0.29, 0.717) is 22.9 Å². The van der Waals surface area contributed by atoms with Crippen molar-refractivity contribution in [2.75, 3.05) is 11.9 Å². The van der Waals surface area contributed by atoms with Gasteiger partial charge in [0.05, 0.1) is 11.7 Å². The fourth-order valence-electron chi connectivity index (χ4n) is 7.97. The van der Waals surface area contributed by atoms with Gasteiger partial charge in [-0.05, 0) is 92.7 Å². The van der Waals surface area contributed by atoms with E-state index in [0.717, 1.165) is 42.0 Å². The van der Waals surface area contributed by atoms with Crippen LogP contribution in [0, 0.1) is 29.1 Å². The van der Waals surface area contributed by atoms with E-state index in [1.165, 1.54) is 44.9 Å². The van der Waals surface area contributed by atoms with Crippen LogP contribution in [0.4, 0.5) is 5.69 Å². The summed E-state index contributed by atoms with van der Waals surface area (Å²) in [7, 11) is 0. The second-order valence-electron chi connectivity index (χ2n) is 10.1. The molecule has 5 heteroatoms. The molecular formula is C23H30ClNO3. The first-order valence-electron chi connectivity index (χ1n) is 10.9. The molecule has 0 radical (unpaired) electrons. The van der Waals surface area contributed by atoms with Gasteiger partial charge in [0.25, 0.3) is 0 Å². The van der Waals surface area contributed by atoms with E-state index in [9.17, 15) is 9.90 Å². The third-order valence-electron chi connectivity index (χ3n) is 8.46. The molecule has 0 amide bonds. The van der Waals surface area contributed by atoms with E-state index in [2.05, 4.69) is 5.32 Å². The first kappa shape index (κ1) is 18.7. The van der Waals surface area contributed by atoms with E-state index >= 15 is 0 Å². The zero-order valence-electron chi connectivity index (χ0n) is 16.2. The van der Waals surface area contributed by atoms with Crippen LogP contribution in [0.1, 0.15) is 73.4 Å². The quantitative estimate of drug-likeness (QED) is 0.704. The highest BCUT2D eigenvalue weighted by Crippen LogP contribution is 2.64. The number of carboxylic acids is 1. The van der Waals surface area contributed by atoms with Crippen molar-refractivity contribution in [1.82, 2.24) is 0 Å². The lowest BCUT2D eigenvalue weighted by molar-refractivity contribution is -0.108. The summed E-state index contributed by atoms with van der Waals surface area (Å²) in [6.07, 6.45) is 11.0. The summed E-state index contributed by atoms with van der Waals surface area (Å²) in [4.78, 5) is 11.5. The number of anilines is 1. The van der Waals surface area contributed by atoms with E-state index in [1.54, 1.807) is 6.07 Å². The molecule has 1 saturated heterocycles. The second kappa shape index (κ2) is 6.63. The number of hydrogen-bond acceptors (Lipinski definition) is 3. The molecule has 2 heterocycles. The molecule has 28 heavy (non-hydrogen) atoms. The Morgan fingerprint density at radius 3 is 2.43 bits per heavy atom. The topological polar surface area (TPSA) is 58.6 Å². The van der Waals surface area contributed by atoms with Crippen molar-refractivity contribution < 1.29 is 14.6 Å². The van der Waals surface area contributed by atoms with Gasteiger partial charge < -0.3 is 15.2 Å². The largest absolute Gasteiger partial charge is 0.478 e. The van der Waals surface area contributed by atoms with Crippen molar-refractivity contribution in [2.45, 2.75) is 63.5 Å². The number of rotatable bonds is 2. The van der Waals surface area contributed by atoms with Gasteiger partial charge in [-0.25, -0.2) is 4.79 Å². The van der Waals surface area contributed by atoms with E-state index in [-0.39, 0.29) is 18.5 Å². The molecule has 4 nitrogen and oxygen atoms in total. The Morgan fingerprint density at radius 1 is 1.11 bits per heavy atom. The van der Waals surface area contributed by atoms with E-state index in [4.69, 9.17) is 4.74 Å². The summed E-state index contributed by atoms with van der Waals surface area (Å²) in [6, 6.07) is 6.07. The number of aromatic carboxylic acids is 1. The van der Waals surface area contributed by atoms with Crippen molar-refractivity contribution >= 4 is 24.1 Å². The Hall–Kier alpha value is -1.26. The predicted molar refractivity (Wildman–Crippen MR) is 110 cm³/mol. The van der Waals surface area contributed by atoms with Crippen LogP contribution < -0.4 is 5.32 Å². The van der Waals surface area contributed by atoms with Crippen molar-refractivity contribution in [2.24, 2.45) is 29.1 Å². The normalized spacial score (nSPS) is 42.7. The maximum absolute atomic E-state index is 11.5. The summed E-state index contributed by atoms with van der Waals surface area (Å²) in [5, 5.41) is 13.4. The Morgan fingerprint density at radius 2 is 1.79 bits per heavy atom. The molecule has 152 valence electrons. The van der Waals surface area contributed by atoms with Crippen molar-refractivity contribution in [1.29, 1.82) is 0 Å². The minimum atomic E-state index is -0.853. The first-order chi connectivity index (χ1) is 13.1. The molecule has 3 atom stereocenters.